The van der Waals surface area contributed by atoms with Crippen molar-refractivity contribution >= 4 is 5.97 Å². The second-order valence-corrected chi connectivity index (χ2v) is 4.38. The van der Waals surface area contributed by atoms with Gasteiger partial charge in [-0.15, -0.1) is 0 Å². The number of aryl methyl sites for hydroxylation is 1. The molecule has 5 nitrogen and oxygen atoms in total. The number of carbonyl (C=O) groups is 1. The summed E-state index contributed by atoms with van der Waals surface area (Å²) in [5.41, 5.74) is -0.0437. The molecule has 0 aromatic carbocycles. The zero-order valence-electron chi connectivity index (χ0n) is 10.8. The Labute approximate surface area is 106 Å². The van der Waals surface area contributed by atoms with Crippen molar-refractivity contribution in [2.45, 2.75) is 39.3 Å². The van der Waals surface area contributed by atoms with E-state index in [2.05, 4.69) is 0 Å². The van der Waals surface area contributed by atoms with Gasteiger partial charge in [-0.05, 0) is 32.8 Å². The Morgan fingerprint density at radius 1 is 1.39 bits per heavy atom. The van der Waals surface area contributed by atoms with Gasteiger partial charge in [0.25, 0.3) is 5.56 Å². The van der Waals surface area contributed by atoms with Crippen molar-refractivity contribution in [3.05, 3.63) is 34.2 Å². The van der Waals surface area contributed by atoms with E-state index in [1.807, 2.05) is 13.8 Å². The zero-order chi connectivity index (χ0) is 13.5. The Hall–Kier alpha value is -1.62. The molecule has 0 spiro atoms. The predicted molar refractivity (Wildman–Crippen MR) is 68.0 cm³/mol. The topological polar surface area (TPSA) is 68.5 Å². The van der Waals surface area contributed by atoms with Crippen LogP contribution in [0.5, 0.6) is 0 Å². The number of hydrogen-bond acceptors (Lipinski definition) is 3. The summed E-state index contributed by atoms with van der Waals surface area (Å²) in [7, 11) is 0. The molecule has 0 radical (unpaired) electrons. The first-order chi connectivity index (χ1) is 8.50. The molecule has 0 amide bonds. The lowest BCUT2D eigenvalue weighted by molar-refractivity contribution is 0.0694. The number of ether oxygens (including phenoxy) is 1. The summed E-state index contributed by atoms with van der Waals surface area (Å²) < 4.78 is 6.82. The monoisotopic (exact) mass is 253 g/mol. The van der Waals surface area contributed by atoms with Gasteiger partial charge in [0.15, 0.2) is 0 Å². The van der Waals surface area contributed by atoms with Crippen LogP contribution in [0.3, 0.4) is 0 Å². The number of rotatable bonds is 7. The first kappa shape index (κ1) is 14.4. The lowest BCUT2D eigenvalue weighted by atomic mass is 10.2. The van der Waals surface area contributed by atoms with Crippen LogP contribution < -0.4 is 5.56 Å². The fraction of sp³-hybridized carbons (Fsp3) is 0.538. The Balaban J connectivity index is 2.49. The lowest BCUT2D eigenvalue weighted by Crippen LogP contribution is -2.20. The maximum absolute atomic E-state index is 11.5. The summed E-state index contributed by atoms with van der Waals surface area (Å²) in [5.74, 6) is -1.02. The second kappa shape index (κ2) is 6.96. The van der Waals surface area contributed by atoms with Gasteiger partial charge >= 0.3 is 5.97 Å². The van der Waals surface area contributed by atoms with Crippen LogP contribution in [0.2, 0.25) is 0 Å². The van der Waals surface area contributed by atoms with Crippen LogP contribution >= 0.6 is 0 Å². The third-order valence-corrected chi connectivity index (χ3v) is 2.47. The first-order valence-corrected chi connectivity index (χ1v) is 6.06. The smallest absolute Gasteiger partial charge is 0.337 e. The molecule has 0 bridgehead atoms. The van der Waals surface area contributed by atoms with E-state index in [-0.39, 0.29) is 17.2 Å². The molecule has 1 rings (SSSR count). The molecule has 100 valence electrons. The number of aromatic nitrogens is 1. The van der Waals surface area contributed by atoms with Crippen molar-refractivity contribution in [1.82, 2.24) is 4.57 Å². The molecule has 0 aliphatic heterocycles. The highest BCUT2D eigenvalue weighted by atomic mass is 16.5. The predicted octanol–water partition coefficient (Wildman–Crippen LogP) is 1.75. The minimum atomic E-state index is -1.02. The SMILES string of the molecule is CC(C)OCCCCn1cc(C(=O)O)ccc1=O. The lowest BCUT2D eigenvalue weighted by Gasteiger charge is -2.08. The van der Waals surface area contributed by atoms with Crippen molar-refractivity contribution in [1.29, 1.82) is 0 Å². The molecule has 1 heterocycles. The minimum absolute atomic E-state index is 0.132. The highest BCUT2D eigenvalue weighted by molar-refractivity contribution is 5.87. The summed E-state index contributed by atoms with van der Waals surface area (Å²) in [6, 6.07) is 2.61. The van der Waals surface area contributed by atoms with Crippen molar-refractivity contribution in [3.63, 3.8) is 0 Å². The maximum Gasteiger partial charge on any atom is 0.337 e. The Morgan fingerprint density at radius 2 is 2.11 bits per heavy atom. The largest absolute Gasteiger partial charge is 0.478 e. The molecular formula is C13H19NO4. The maximum atomic E-state index is 11.5. The standard InChI is InChI=1S/C13H19NO4/c1-10(2)18-8-4-3-7-14-9-11(13(16)17)5-6-12(14)15/h5-6,9-10H,3-4,7-8H2,1-2H3,(H,16,17). The molecule has 1 aromatic heterocycles. The van der Waals surface area contributed by atoms with Crippen LogP contribution in [-0.4, -0.2) is 28.4 Å². The number of aromatic carboxylic acids is 1. The van der Waals surface area contributed by atoms with E-state index in [1.165, 1.54) is 22.9 Å². The van der Waals surface area contributed by atoms with E-state index in [9.17, 15) is 9.59 Å². The summed E-state index contributed by atoms with van der Waals surface area (Å²) in [6.45, 7) is 5.12. The van der Waals surface area contributed by atoms with Crippen LogP contribution in [0.25, 0.3) is 0 Å². The van der Waals surface area contributed by atoms with E-state index in [4.69, 9.17) is 9.84 Å². The summed E-state index contributed by atoms with van der Waals surface area (Å²) in [4.78, 5) is 22.3. The van der Waals surface area contributed by atoms with Crippen LogP contribution in [0, 0.1) is 0 Å². The summed E-state index contributed by atoms with van der Waals surface area (Å²) in [6.07, 6.45) is 3.23. The minimum Gasteiger partial charge on any atom is -0.478 e. The Kier molecular flexibility index (Phi) is 5.58. The van der Waals surface area contributed by atoms with E-state index in [0.29, 0.717) is 13.2 Å². The number of carboxylic acids is 1. The number of unbranched alkanes of at least 4 members (excludes halogenated alkanes) is 1. The summed E-state index contributed by atoms with van der Waals surface area (Å²) in [5, 5.41) is 8.84. The molecule has 0 fully saturated rings. The van der Waals surface area contributed by atoms with E-state index in [1.54, 1.807) is 0 Å². The van der Waals surface area contributed by atoms with Gasteiger partial charge in [-0.3, -0.25) is 4.79 Å². The molecule has 0 aliphatic carbocycles. The van der Waals surface area contributed by atoms with Crippen LogP contribution in [0.1, 0.15) is 37.0 Å². The highest BCUT2D eigenvalue weighted by Crippen LogP contribution is 2.00. The van der Waals surface area contributed by atoms with Crippen molar-refractivity contribution in [2.24, 2.45) is 0 Å². The molecule has 5 heteroatoms. The van der Waals surface area contributed by atoms with Crippen LogP contribution in [0.15, 0.2) is 23.1 Å². The third-order valence-electron chi connectivity index (χ3n) is 2.47. The Bertz CT molecular complexity index is 451. The highest BCUT2D eigenvalue weighted by Gasteiger charge is 2.04. The molecule has 1 N–H and O–H groups in total. The van der Waals surface area contributed by atoms with Gasteiger partial charge in [0.05, 0.1) is 11.7 Å². The number of nitrogens with zero attached hydrogens (tertiary/aromatic N) is 1. The van der Waals surface area contributed by atoms with Gasteiger partial charge in [-0.2, -0.15) is 0 Å². The van der Waals surface area contributed by atoms with Gasteiger partial charge in [0, 0.05) is 25.4 Å². The summed E-state index contributed by atoms with van der Waals surface area (Å²) >= 11 is 0. The molecule has 0 aliphatic rings. The van der Waals surface area contributed by atoms with Crippen LogP contribution in [0.4, 0.5) is 0 Å². The average molecular weight is 253 g/mol. The van der Waals surface area contributed by atoms with E-state index >= 15 is 0 Å². The Morgan fingerprint density at radius 3 is 2.72 bits per heavy atom. The van der Waals surface area contributed by atoms with Gasteiger partial charge in [-0.25, -0.2) is 4.79 Å². The molecule has 0 saturated carbocycles. The molecule has 0 atom stereocenters. The van der Waals surface area contributed by atoms with Crippen molar-refractivity contribution in [2.75, 3.05) is 6.61 Å². The number of carboxylic acid groups (broad SMARTS) is 1. The second-order valence-electron chi connectivity index (χ2n) is 4.38. The molecular weight excluding hydrogens is 234 g/mol. The quantitative estimate of drug-likeness (QED) is 0.752. The van der Waals surface area contributed by atoms with Crippen molar-refractivity contribution in [3.8, 4) is 0 Å². The zero-order valence-corrected chi connectivity index (χ0v) is 10.8. The molecule has 18 heavy (non-hydrogen) atoms. The van der Waals surface area contributed by atoms with E-state index in [0.717, 1.165) is 12.8 Å². The molecule has 0 unspecified atom stereocenters. The third kappa shape index (κ3) is 4.71. The number of pyridine rings is 1. The van der Waals surface area contributed by atoms with Gasteiger partial charge in [-0.1, -0.05) is 0 Å². The number of hydrogen-bond donors (Lipinski definition) is 1. The fourth-order valence-electron chi connectivity index (χ4n) is 1.54. The molecule has 1 aromatic rings. The first-order valence-electron chi connectivity index (χ1n) is 6.06. The van der Waals surface area contributed by atoms with Gasteiger partial charge in [0.2, 0.25) is 0 Å². The average Bonchev–Trinajstić information content (AvgIpc) is 2.30. The fourth-order valence-corrected chi connectivity index (χ4v) is 1.54. The van der Waals surface area contributed by atoms with Crippen molar-refractivity contribution < 1.29 is 14.6 Å². The normalized spacial score (nSPS) is 10.8. The van der Waals surface area contributed by atoms with Gasteiger partial charge < -0.3 is 14.4 Å². The van der Waals surface area contributed by atoms with Gasteiger partial charge in [0.1, 0.15) is 0 Å². The van der Waals surface area contributed by atoms with Crippen LogP contribution in [-0.2, 0) is 11.3 Å². The molecule has 0 saturated heterocycles. The van der Waals surface area contributed by atoms with E-state index < -0.39 is 5.97 Å².